The Labute approximate surface area is 106 Å². The molecule has 0 radical (unpaired) electrons. The molecule has 0 aromatic carbocycles. The second kappa shape index (κ2) is 10.4. The van der Waals surface area contributed by atoms with Crippen molar-refractivity contribution < 1.29 is 9.90 Å². The van der Waals surface area contributed by atoms with Crippen LogP contribution in [0.3, 0.4) is 0 Å². The van der Waals surface area contributed by atoms with E-state index in [0.717, 1.165) is 18.8 Å². The van der Waals surface area contributed by atoms with Crippen LogP contribution in [0.25, 0.3) is 0 Å². The molecule has 17 heavy (non-hydrogen) atoms. The van der Waals surface area contributed by atoms with Crippen LogP contribution in [0.4, 0.5) is 0 Å². The maximum atomic E-state index is 10.6. The van der Waals surface area contributed by atoms with Crippen LogP contribution in [0.15, 0.2) is 11.6 Å². The van der Waals surface area contributed by atoms with E-state index in [-0.39, 0.29) is 0 Å². The highest BCUT2D eigenvalue weighted by Gasteiger charge is 2.05. The van der Waals surface area contributed by atoms with E-state index in [0.29, 0.717) is 5.57 Å². The van der Waals surface area contributed by atoms with Crippen LogP contribution in [0, 0.1) is 5.92 Å². The van der Waals surface area contributed by atoms with Gasteiger partial charge in [0.15, 0.2) is 0 Å². The number of carboxylic acid groups (broad SMARTS) is 1. The summed E-state index contributed by atoms with van der Waals surface area (Å²) in [4.78, 5) is 10.6. The molecule has 0 aliphatic rings. The minimum Gasteiger partial charge on any atom is -0.478 e. The SMILES string of the molecule is CCCCCC(CC)CCCC=C(C)C(=O)O. The summed E-state index contributed by atoms with van der Waals surface area (Å²) in [5.74, 6) is 0.0417. The summed E-state index contributed by atoms with van der Waals surface area (Å²) < 4.78 is 0. The second-order valence-electron chi connectivity index (χ2n) is 4.89. The number of carbonyl (C=O) groups is 1. The van der Waals surface area contributed by atoms with E-state index in [2.05, 4.69) is 13.8 Å². The van der Waals surface area contributed by atoms with E-state index in [4.69, 9.17) is 5.11 Å². The predicted molar refractivity (Wildman–Crippen MR) is 73.2 cm³/mol. The van der Waals surface area contributed by atoms with Crippen molar-refractivity contribution in [2.45, 2.75) is 72.1 Å². The van der Waals surface area contributed by atoms with Crippen molar-refractivity contribution in [3.05, 3.63) is 11.6 Å². The third-order valence-electron chi connectivity index (χ3n) is 3.40. The third kappa shape index (κ3) is 8.96. The van der Waals surface area contributed by atoms with Gasteiger partial charge in [-0.15, -0.1) is 0 Å². The zero-order chi connectivity index (χ0) is 13.1. The van der Waals surface area contributed by atoms with Gasteiger partial charge in [0.2, 0.25) is 0 Å². The van der Waals surface area contributed by atoms with E-state index < -0.39 is 5.97 Å². The molecule has 0 spiro atoms. The molecular weight excluding hydrogens is 212 g/mol. The van der Waals surface area contributed by atoms with Gasteiger partial charge in [-0.25, -0.2) is 4.79 Å². The fourth-order valence-corrected chi connectivity index (χ4v) is 2.05. The van der Waals surface area contributed by atoms with Gasteiger partial charge in [-0.2, -0.15) is 0 Å². The molecule has 0 aliphatic carbocycles. The number of hydrogen-bond donors (Lipinski definition) is 1. The fraction of sp³-hybridized carbons (Fsp3) is 0.800. The molecule has 0 saturated carbocycles. The van der Waals surface area contributed by atoms with Crippen molar-refractivity contribution in [1.82, 2.24) is 0 Å². The lowest BCUT2D eigenvalue weighted by Crippen LogP contribution is -1.99. The van der Waals surface area contributed by atoms with E-state index >= 15 is 0 Å². The lowest BCUT2D eigenvalue weighted by molar-refractivity contribution is -0.132. The van der Waals surface area contributed by atoms with Gasteiger partial charge in [0.05, 0.1) is 0 Å². The summed E-state index contributed by atoms with van der Waals surface area (Å²) in [5.41, 5.74) is 0.476. The highest BCUT2D eigenvalue weighted by Crippen LogP contribution is 2.20. The van der Waals surface area contributed by atoms with E-state index in [1.165, 1.54) is 38.5 Å². The molecule has 2 heteroatoms. The largest absolute Gasteiger partial charge is 0.478 e. The summed E-state index contributed by atoms with van der Waals surface area (Å²) in [6.45, 7) is 6.16. The maximum absolute atomic E-state index is 10.6. The molecule has 0 aromatic rings. The molecule has 0 heterocycles. The van der Waals surface area contributed by atoms with Crippen molar-refractivity contribution in [3.8, 4) is 0 Å². The van der Waals surface area contributed by atoms with E-state index in [1.807, 2.05) is 6.08 Å². The molecule has 0 rings (SSSR count). The van der Waals surface area contributed by atoms with E-state index in [1.54, 1.807) is 6.92 Å². The van der Waals surface area contributed by atoms with Crippen LogP contribution in [0.1, 0.15) is 72.1 Å². The second-order valence-corrected chi connectivity index (χ2v) is 4.89. The molecule has 0 amide bonds. The first-order valence-corrected chi connectivity index (χ1v) is 7.01. The minimum atomic E-state index is -0.792. The Morgan fingerprint density at radius 1 is 1.18 bits per heavy atom. The minimum absolute atomic E-state index is 0.476. The standard InChI is InChI=1S/C15H28O2/c1-4-6-7-11-14(5-2)12-9-8-10-13(3)15(16)17/h10,14H,4-9,11-12H2,1-3H3,(H,16,17). The Morgan fingerprint density at radius 2 is 1.82 bits per heavy atom. The monoisotopic (exact) mass is 240 g/mol. The quantitative estimate of drug-likeness (QED) is 0.440. The van der Waals surface area contributed by atoms with Crippen molar-refractivity contribution in [1.29, 1.82) is 0 Å². The fourth-order valence-electron chi connectivity index (χ4n) is 2.05. The molecule has 2 nitrogen and oxygen atoms in total. The average Bonchev–Trinajstić information content (AvgIpc) is 2.31. The topological polar surface area (TPSA) is 37.3 Å². The molecule has 1 atom stereocenters. The van der Waals surface area contributed by atoms with Gasteiger partial charge >= 0.3 is 5.97 Å². The number of aliphatic carboxylic acids is 1. The molecule has 0 aliphatic heterocycles. The highest BCUT2D eigenvalue weighted by atomic mass is 16.4. The molecule has 1 unspecified atom stereocenters. The molecule has 0 aromatic heterocycles. The van der Waals surface area contributed by atoms with Crippen LogP contribution in [-0.2, 0) is 4.79 Å². The van der Waals surface area contributed by atoms with Gasteiger partial charge in [-0.05, 0) is 25.7 Å². The van der Waals surface area contributed by atoms with Crippen molar-refractivity contribution in [2.75, 3.05) is 0 Å². The van der Waals surface area contributed by atoms with Gasteiger partial charge in [0, 0.05) is 5.57 Å². The molecule has 0 bridgehead atoms. The van der Waals surface area contributed by atoms with Crippen molar-refractivity contribution in [2.24, 2.45) is 5.92 Å². The van der Waals surface area contributed by atoms with Crippen LogP contribution >= 0.6 is 0 Å². The van der Waals surface area contributed by atoms with Crippen molar-refractivity contribution >= 4 is 5.97 Å². The van der Waals surface area contributed by atoms with Gasteiger partial charge in [0.1, 0.15) is 0 Å². The Morgan fingerprint density at radius 3 is 2.35 bits per heavy atom. The number of rotatable bonds is 10. The normalized spacial score (nSPS) is 13.7. The van der Waals surface area contributed by atoms with Crippen LogP contribution in [0.5, 0.6) is 0 Å². The van der Waals surface area contributed by atoms with Gasteiger partial charge in [-0.1, -0.05) is 58.4 Å². The lowest BCUT2D eigenvalue weighted by atomic mass is 9.93. The van der Waals surface area contributed by atoms with Crippen molar-refractivity contribution in [3.63, 3.8) is 0 Å². The number of carboxylic acids is 1. The Balaban J connectivity index is 3.69. The van der Waals surface area contributed by atoms with Gasteiger partial charge < -0.3 is 5.11 Å². The molecule has 1 N–H and O–H groups in total. The van der Waals surface area contributed by atoms with Crippen LogP contribution in [0.2, 0.25) is 0 Å². The average molecular weight is 240 g/mol. The molecule has 0 saturated heterocycles. The smallest absolute Gasteiger partial charge is 0.330 e. The first-order chi connectivity index (χ1) is 8.11. The number of unbranched alkanes of at least 4 members (excludes halogenated alkanes) is 3. The number of hydrogen-bond acceptors (Lipinski definition) is 1. The number of allylic oxidation sites excluding steroid dienone is 1. The zero-order valence-electron chi connectivity index (χ0n) is 11.7. The first kappa shape index (κ1) is 16.2. The highest BCUT2D eigenvalue weighted by molar-refractivity contribution is 5.85. The summed E-state index contributed by atoms with van der Waals surface area (Å²) in [5, 5.41) is 8.71. The summed E-state index contributed by atoms with van der Waals surface area (Å²) >= 11 is 0. The van der Waals surface area contributed by atoms with Gasteiger partial charge in [-0.3, -0.25) is 0 Å². The molecular formula is C15H28O2. The van der Waals surface area contributed by atoms with Crippen LogP contribution < -0.4 is 0 Å². The summed E-state index contributed by atoms with van der Waals surface area (Å²) in [6, 6.07) is 0. The van der Waals surface area contributed by atoms with Crippen LogP contribution in [-0.4, -0.2) is 11.1 Å². The zero-order valence-corrected chi connectivity index (χ0v) is 11.7. The Bertz CT molecular complexity index is 231. The Hall–Kier alpha value is -0.790. The first-order valence-electron chi connectivity index (χ1n) is 7.01. The van der Waals surface area contributed by atoms with Gasteiger partial charge in [0.25, 0.3) is 0 Å². The summed E-state index contributed by atoms with van der Waals surface area (Å²) in [6.07, 6.45) is 11.7. The lowest BCUT2D eigenvalue weighted by Gasteiger charge is -2.13. The molecule has 0 fully saturated rings. The Kier molecular flexibility index (Phi) is 9.89. The van der Waals surface area contributed by atoms with E-state index in [9.17, 15) is 4.79 Å². The maximum Gasteiger partial charge on any atom is 0.330 e. The summed E-state index contributed by atoms with van der Waals surface area (Å²) in [7, 11) is 0. The molecule has 100 valence electrons. The predicted octanol–water partition coefficient (Wildman–Crippen LogP) is 4.79. The third-order valence-corrected chi connectivity index (χ3v) is 3.40.